The van der Waals surface area contributed by atoms with Crippen molar-refractivity contribution in [3.8, 4) is 0 Å². The first-order valence-corrected chi connectivity index (χ1v) is 7.09. The zero-order chi connectivity index (χ0) is 17.0. The molecule has 1 amide bonds. The Morgan fingerprint density at radius 1 is 1.26 bits per heavy atom. The van der Waals surface area contributed by atoms with E-state index in [1.54, 1.807) is 0 Å². The molecule has 0 radical (unpaired) electrons. The van der Waals surface area contributed by atoms with E-state index in [2.05, 4.69) is 5.32 Å². The summed E-state index contributed by atoms with van der Waals surface area (Å²) in [6, 6.07) is 5.41. The fraction of sp³-hybridized carbons (Fsp3) is 0.500. The zero-order valence-electron chi connectivity index (χ0n) is 12.2. The number of hydrogen-bond donors (Lipinski definition) is 1. The molecule has 1 aromatic carbocycles. The number of benzene rings is 1. The molecule has 1 aromatic rings. The van der Waals surface area contributed by atoms with Gasteiger partial charge in [0.25, 0.3) is 5.69 Å². The van der Waals surface area contributed by atoms with Crippen molar-refractivity contribution in [1.29, 1.82) is 0 Å². The molecule has 6 nitrogen and oxygen atoms in total. The molecule has 1 N–H and O–H groups in total. The molecule has 0 bridgehead atoms. The average Bonchev–Trinajstić information content (AvgIpc) is 2.46. The number of nitrogens with zero attached hydrogens (tertiary/aromatic N) is 2. The minimum absolute atomic E-state index is 0.0801. The Labute approximate surface area is 130 Å². The van der Waals surface area contributed by atoms with Crippen molar-refractivity contribution < 1.29 is 22.9 Å². The first-order chi connectivity index (χ1) is 10.7. The van der Waals surface area contributed by atoms with Gasteiger partial charge in [0, 0.05) is 23.7 Å². The van der Waals surface area contributed by atoms with Gasteiger partial charge >= 0.3 is 6.18 Å². The number of hydrogen-bond acceptors (Lipinski definition) is 4. The van der Waals surface area contributed by atoms with Gasteiger partial charge < -0.3 is 5.32 Å². The molecule has 1 fully saturated rings. The topological polar surface area (TPSA) is 75.5 Å². The summed E-state index contributed by atoms with van der Waals surface area (Å²) >= 11 is 0. The van der Waals surface area contributed by atoms with Crippen molar-refractivity contribution in [2.45, 2.75) is 19.0 Å². The zero-order valence-corrected chi connectivity index (χ0v) is 12.2. The Morgan fingerprint density at radius 2 is 1.83 bits per heavy atom. The number of carbonyl (C=O) groups is 1. The van der Waals surface area contributed by atoms with Crippen molar-refractivity contribution in [1.82, 2.24) is 4.90 Å². The Kier molecular flexibility index (Phi) is 5.19. The monoisotopic (exact) mass is 331 g/mol. The lowest BCUT2D eigenvalue weighted by Gasteiger charge is -2.31. The summed E-state index contributed by atoms with van der Waals surface area (Å²) in [5.41, 5.74) is 0.349. The third-order valence-corrected chi connectivity index (χ3v) is 3.71. The molecule has 0 unspecified atom stereocenters. The number of non-ortho nitro benzene ring substituents is 1. The summed E-state index contributed by atoms with van der Waals surface area (Å²) in [5, 5.41) is 13.2. The number of alkyl halides is 3. The van der Waals surface area contributed by atoms with Gasteiger partial charge in [0.1, 0.15) is 0 Å². The molecule has 1 aliphatic rings. The van der Waals surface area contributed by atoms with E-state index in [0.29, 0.717) is 18.5 Å². The number of nitro benzene ring substituents is 1. The first-order valence-electron chi connectivity index (χ1n) is 7.09. The Hall–Kier alpha value is -2.16. The predicted octanol–water partition coefficient (Wildman–Crippen LogP) is 2.81. The minimum atomic E-state index is -4.23. The highest BCUT2D eigenvalue weighted by atomic mass is 19.4. The number of likely N-dealkylation sites (tertiary alicyclic amines) is 1. The van der Waals surface area contributed by atoms with Crippen LogP contribution in [-0.4, -0.2) is 41.5 Å². The molecular weight excluding hydrogens is 315 g/mol. The SMILES string of the molecule is O=C(Nc1ccc([N+](=O)[O-])cc1)C1CCN(CC(F)(F)F)CC1. The van der Waals surface area contributed by atoms with Crippen LogP contribution in [0.1, 0.15) is 12.8 Å². The molecule has 0 saturated carbocycles. The van der Waals surface area contributed by atoms with Gasteiger partial charge in [-0.1, -0.05) is 0 Å². The van der Waals surface area contributed by atoms with Crippen LogP contribution in [0.3, 0.4) is 0 Å². The van der Waals surface area contributed by atoms with E-state index in [4.69, 9.17) is 0 Å². The Bertz CT molecular complexity index is 567. The number of halogens is 3. The van der Waals surface area contributed by atoms with Crippen LogP contribution in [0.15, 0.2) is 24.3 Å². The lowest BCUT2D eigenvalue weighted by atomic mass is 9.96. The van der Waals surface area contributed by atoms with Crippen LogP contribution < -0.4 is 5.32 Å². The number of nitrogens with one attached hydrogen (secondary N) is 1. The van der Waals surface area contributed by atoms with E-state index in [0.717, 1.165) is 0 Å². The van der Waals surface area contributed by atoms with Crippen LogP contribution >= 0.6 is 0 Å². The van der Waals surface area contributed by atoms with E-state index in [-0.39, 0.29) is 30.6 Å². The standard InChI is InChI=1S/C14H16F3N3O3/c15-14(16,17)9-19-7-5-10(6-8-19)13(21)18-11-1-3-12(4-2-11)20(22)23/h1-4,10H,5-9H2,(H,18,21). The molecule has 0 aromatic heterocycles. The summed E-state index contributed by atoms with van der Waals surface area (Å²) in [4.78, 5) is 23.4. The molecule has 0 atom stereocenters. The second kappa shape index (κ2) is 6.95. The van der Waals surface area contributed by atoms with Gasteiger partial charge in [0.05, 0.1) is 11.5 Å². The van der Waals surface area contributed by atoms with Gasteiger partial charge in [-0.05, 0) is 38.1 Å². The summed E-state index contributed by atoms with van der Waals surface area (Å²) in [5.74, 6) is -0.625. The van der Waals surface area contributed by atoms with Crippen LogP contribution in [0, 0.1) is 16.0 Å². The normalized spacial score (nSPS) is 17.0. The molecule has 1 saturated heterocycles. The van der Waals surface area contributed by atoms with E-state index >= 15 is 0 Å². The van der Waals surface area contributed by atoms with Gasteiger partial charge in [-0.2, -0.15) is 13.2 Å². The van der Waals surface area contributed by atoms with Crippen molar-refractivity contribution in [3.05, 3.63) is 34.4 Å². The Morgan fingerprint density at radius 3 is 2.30 bits per heavy atom. The molecule has 2 rings (SSSR count). The molecule has 23 heavy (non-hydrogen) atoms. The summed E-state index contributed by atoms with van der Waals surface area (Å²) in [6.07, 6.45) is -3.52. The number of carbonyl (C=O) groups excluding carboxylic acids is 1. The third-order valence-electron chi connectivity index (χ3n) is 3.71. The predicted molar refractivity (Wildman–Crippen MR) is 76.9 cm³/mol. The van der Waals surface area contributed by atoms with Gasteiger partial charge in [0.2, 0.25) is 5.91 Å². The van der Waals surface area contributed by atoms with Crippen LogP contribution in [-0.2, 0) is 4.79 Å². The highest BCUT2D eigenvalue weighted by molar-refractivity contribution is 5.92. The van der Waals surface area contributed by atoms with Crippen molar-refractivity contribution >= 4 is 17.3 Å². The highest BCUT2D eigenvalue weighted by Crippen LogP contribution is 2.24. The van der Waals surface area contributed by atoms with E-state index in [9.17, 15) is 28.1 Å². The smallest absolute Gasteiger partial charge is 0.326 e. The number of rotatable bonds is 4. The van der Waals surface area contributed by atoms with E-state index in [1.165, 1.54) is 29.2 Å². The van der Waals surface area contributed by atoms with Crippen LogP contribution in [0.25, 0.3) is 0 Å². The lowest BCUT2D eigenvalue weighted by Crippen LogP contribution is -2.42. The van der Waals surface area contributed by atoms with Crippen LogP contribution in [0.5, 0.6) is 0 Å². The van der Waals surface area contributed by atoms with Crippen LogP contribution in [0.2, 0.25) is 0 Å². The third kappa shape index (κ3) is 5.20. The van der Waals surface area contributed by atoms with Gasteiger partial charge in [0.15, 0.2) is 0 Å². The summed E-state index contributed by atoms with van der Waals surface area (Å²) in [6.45, 7) is -0.514. The maximum Gasteiger partial charge on any atom is 0.401 e. The average molecular weight is 331 g/mol. The molecule has 0 spiro atoms. The Balaban J connectivity index is 1.84. The second-order valence-electron chi connectivity index (χ2n) is 5.46. The van der Waals surface area contributed by atoms with Crippen molar-refractivity contribution in [2.24, 2.45) is 5.92 Å². The number of anilines is 1. The largest absolute Gasteiger partial charge is 0.401 e. The van der Waals surface area contributed by atoms with Crippen molar-refractivity contribution in [2.75, 3.05) is 25.0 Å². The molecule has 1 heterocycles. The molecule has 0 aliphatic carbocycles. The number of nitro groups is 1. The van der Waals surface area contributed by atoms with Gasteiger partial charge in [-0.3, -0.25) is 19.8 Å². The highest BCUT2D eigenvalue weighted by Gasteiger charge is 2.33. The second-order valence-corrected chi connectivity index (χ2v) is 5.46. The number of piperidine rings is 1. The van der Waals surface area contributed by atoms with Gasteiger partial charge in [-0.25, -0.2) is 0 Å². The number of amides is 1. The minimum Gasteiger partial charge on any atom is -0.326 e. The molecule has 9 heteroatoms. The van der Waals surface area contributed by atoms with E-state index in [1.807, 2.05) is 0 Å². The summed E-state index contributed by atoms with van der Waals surface area (Å²) < 4.78 is 36.9. The lowest BCUT2D eigenvalue weighted by molar-refractivity contribution is -0.384. The van der Waals surface area contributed by atoms with Crippen LogP contribution in [0.4, 0.5) is 24.5 Å². The fourth-order valence-corrected chi connectivity index (χ4v) is 2.52. The van der Waals surface area contributed by atoms with Crippen molar-refractivity contribution in [3.63, 3.8) is 0 Å². The van der Waals surface area contributed by atoms with Gasteiger partial charge in [-0.15, -0.1) is 0 Å². The summed E-state index contributed by atoms with van der Waals surface area (Å²) in [7, 11) is 0. The van der Waals surface area contributed by atoms with E-state index < -0.39 is 17.6 Å². The maximum absolute atomic E-state index is 12.3. The molecule has 1 aliphatic heterocycles. The molecular formula is C14H16F3N3O3. The molecule has 126 valence electrons. The first kappa shape index (κ1) is 17.2. The fourth-order valence-electron chi connectivity index (χ4n) is 2.52. The quantitative estimate of drug-likeness (QED) is 0.680. The maximum atomic E-state index is 12.3.